The Kier molecular flexibility index (Phi) is 4.90. The lowest BCUT2D eigenvalue weighted by molar-refractivity contribution is -0.119. The van der Waals surface area contributed by atoms with Crippen molar-refractivity contribution in [2.24, 2.45) is 0 Å². The second-order valence-corrected chi connectivity index (χ2v) is 5.62. The molecular weight excluding hydrogens is 318 g/mol. The van der Waals surface area contributed by atoms with Crippen LogP contribution in [-0.2, 0) is 9.53 Å². The molecule has 6 nitrogen and oxygen atoms in total. The smallest absolute Gasteiger partial charge is 0.250 e. The van der Waals surface area contributed by atoms with Crippen molar-refractivity contribution in [1.29, 1.82) is 0 Å². The average Bonchev–Trinajstić information content (AvgIpc) is 2.61. The van der Waals surface area contributed by atoms with Gasteiger partial charge in [0, 0.05) is 36.0 Å². The molecule has 2 heterocycles. The number of ether oxygens (including phenoxy) is 2. The number of aryl methyl sites for hydroxylation is 1. The molecule has 128 valence electrons. The summed E-state index contributed by atoms with van der Waals surface area (Å²) in [7, 11) is 3.07. The summed E-state index contributed by atoms with van der Waals surface area (Å²) in [6.07, 6.45) is 1.69. The molecule has 25 heavy (non-hydrogen) atoms. The van der Waals surface area contributed by atoms with Gasteiger partial charge in [-0.05, 0) is 36.8 Å². The number of fused-ring (bicyclic) bond motifs is 1. The van der Waals surface area contributed by atoms with Crippen molar-refractivity contribution in [2.75, 3.05) is 26.1 Å². The topological polar surface area (TPSA) is 73.3 Å². The van der Waals surface area contributed by atoms with Crippen LogP contribution in [-0.4, -0.2) is 36.7 Å². The van der Waals surface area contributed by atoms with Crippen LogP contribution in [0, 0.1) is 6.92 Å². The summed E-state index contributed by atoms with van der Waals surface area (Å²) in [5, 5.41) is 3.83. The number of anilines is 1. The van der Waals surface area contributed by atoms with Crippen LogP contribution >= 0.6 is 0 Å². The van der Waals surface area contributed by atoms with Crippen molar-refractivity contribution in [3.8, 4) is 17.1 Å². The number of hydrogen-bond donors (Lipinski definition) is 1. The van der Waals surface area contributed by atoms with E-state index >= 15 is 0 Å². The third-order valence-corrected chi connectivity index (χ3v) is 3.82. The van der Waals surface area contributed by atoms with Gasteiger partial charge in [0.1, 0.15) is 6.61 Å². The molecule has 0 saturated heterocycles. The third-order valence-electron chi connectivity index (χ3n) is 3.82. The van der Waals surface area contributed by atoms with E-state index < -0.39 is 0 Å². The number of pyridine rings is 2. The quantitative estimate of drug-likeness (QED) is 0.774. The number of carbonyl (C=O) groups is 1. The van der Waals surface area contributed by atoms with Crippen LogP contribution in [0.3, 0.4) is 0 Å². The SMILES string of the molecule is COCC(=O)Nc1ccc2c(C)cc(-c3ccnc(OC)c3)nc2c1. The predicted octanol–water partition coefficient (Wildman–Crippen LogP) is 3.20. The summed E-state index contributed by atoms with van der Waals surface area (Å²) < 4.78 is 10.0. The van der Waals surface area contributed by atoms with Gasteiger partial charge in [0.2, 0.25) is 11.8 Å². The van der Waals surface area contributed by atoms with Gasteiger partial charge in [-0.25, -0.2) is 9.97 Å². The van der Waals surface area contributed by atoms with Crippen molar-refractivity contribution >= 4 is 22.5 Å². The lowest BCUT2D eigenvalue weighted by atomic mass is 10.1. The van der Waals surface area contributed by atoms with Crippen LogP contribution in [0.2, 0.25) is 0 Å². The van der Waals surface area contributed by atoms with E-state index in [2.05, 4.69) is 10.3 Å². The van der Waals surface area contributed by atoms with E-state index in [1.807, 2.05) is 43.3 Å². The molecule has 1 N–H and O–H groups in total. The van der Waals surface area contributed by atoms with Crippen LogP contribution < -0.4 is 10.1 Å². The van der Waals surface area contributed by atoms with E-state index in [9.17, 15) is 4.79 Å². The van der Waals surface area contributed by atoms with Gasteiger partial charge in [0.15, 0.2) is 0 Å². The van der Waals surface area contributed by atoms with E-state index in [-0.39, 0.29) is 12.5 Å². The molecule has 0 aliphatic carbocycles. The zero-order valence-corrected chi connectivity index (χ0v) is 14.4. The molecule has 0 spiro atoms. The van der Waals surface area contributed by atoms with E-state index in [1.165, 1.54) is 7.11 Å². The molecule has 0 fully saturated rings. The Hall–Kier alpha value is -2.99. The first-order valence-corrected chi connectivity index (χ1v) is 7.81. The Bertz CT molecular complexity index is 925. The summed E-state index contributed by atoms with van der Waals surface area (Å²) in [5.74, 6) is 0.339. The second-order valence-electron chi connectivity index (χ2n) is 5.62. The Morgan fingerprint density at radius 2 is 2.00 bits per heavy atom. The molecule has 0 aliphatic heterocycles. The predicted molar refractivity (Wildman–Crippen MR) is 96.8 cm³/mol. The van der Waals surface area contributed by atoms with Gasteiger partial charge in [-0.2, -0.15) is 0 Å². The minimum atomic E-state index is -0.200. The highest BCUT2D eigenvalue weighted by Gasteiger charge is 2.08. The lowest BCUT2D eigenvalue weighted by Gasteiger charge is -2.10. The van der Waals surface area contributed by atoms with Crippen molar-refractivity contribution in [3.63, 3.8) is 0 Å². The fourth-order valence-corrected chi connectivity index (χ4v) is 2.64. The summed E-state index contributed by atoms with van der Waals surface area (Å²) in [6, 6.07) is 11.4. The fourth-order valence-electron chi connectivity index (χ4n) is 2.64. The molecule has 1 amide bonds. The second kappa shape index (κ2) is 7.27. The Labute approximate surface area is 145 Å². The maximum atomic E-state index is 11.7. The highest BCUT2D eigenvalue weighted by molar-refractivity contribution is 5.95. The molecule has 0 saturated carbocycles. The van der Waals surface area contributed by atoms with E-state index in [0.29, 0.717) is 11.6 Å². The standard InChI is InChI=1S/C19H19N3O3/c1-12-8-16(13-6-7-20-19(9-13)25-3)22-17-10-14(4-5-15(12)17)21-18(23)11-24-2/h4-10H,11H2,1-3H3,(H,21,23). The first kappa shape index (κ1) is 16.9. The molecule has 3 aromatic rings. The summed E-state index contributed by atoms with van der Waals surface area (Å²) in [6.45, 7) is 2.05. The van der Waals surface area contributed by atoms with Crippen molar-refractivity contribution in [1.82, 2.24) is 9.97 Å². The molecule has 0 radical (unpaired) electrons. The zero-order chi connectivity index (χ0) is 17.8. The van der Waals surface area contributed by atoms with Crippen molar-refractivity contribution in [3.05, 3.63) is 48.2 Å². The average molecular weight is 337 g/mol. The van der Waals surface area contributed by atoms with Gasteiger partial charge in [0.25, 0.3) is 0 Å². The monoisotopic (exact) mass is 337 g/mol. The van der Waals surface area contributed by atoms with Crippen LogP contribution in [0.15, 0.2) is 42.6 Å². The van der Waals surface area contributed by atoms with Crippen LogP contribution in [0.5, 0.6) is 5.88 Å². The number of benzene rings is 1. The number of aromatic nitrogens is 2. The molecule has 0 bridgehead atoms. The summed E-state index contributed by atoms with van der Waals surface area (Å²) in [5.41, 5.74) is 4.34. The largest absolute Gasteiger partial charge is 0.481 e. The summed E-state index contributed by atoms with van der Waals surface area (Å²) in [4.78, 5) is 20.5. The number of carbonyl (C=O) groups excluding carboxylic acids is 1. The molecule has 0 aliphatic rings. The fraction of sp³-hybridized carbons (Fsp3) is 0.211. The molecule has 0 atom stereocenters. The molecule has 1 aromatic carbocycles. The highest BCUT2D eigenvalue weighted by atomic mass is 16.5. The van der Waals surface area contributed by atoms with E-state index in [0.717, 1.165) is 27.7 Å². The number of methoxy groups -OCH3 is 2. The Morgan fingerprint density at radius 3 is 2.76 bits per heavy atom. The number of rotatable bonds is 5. The highest BCUT2D eigenvalue weighted by Crippen LogP contribution is 2.27. The molecule has 2 aromatic heterocycles. The molecule has 6 heteroatoms. The maximum absolute atomic E-state index is 11.7. The van der Waals surface area contributed by atoms with Gasteiger partial charge >= 0.3 is 0 Å². The van der Waals surface area contributed by atoms with E-state index in [1.54, 1.807) is 13.3 Å². The number of amides is 1. The van der Waals surface area contributed by atoms with E-state index in [4.69, 9.17) is 14.5 Å². The lowest BCUT2D eigenvalue weighted by Crippen LogP contribution is -2.17. The van der Waals surface area contributed by atoms with Gasteiger partial charge in [0.05, 0.1) is 18.3 Å². The normalized spacial score (nSPS) is 10.7. The number of nitrogens with zero attached hydrogens (tertiary/aromatic N) is 2. The van der Waals surface area contributed by atoms with Crippen LogP contribution in [0.25, 0.3) is 22.2 Å². The van der Waals surface area contributed by atoms with Gasteiger partial charge in [-0.1, -0.05) is 6.07 Å². The third kappa shape index (κ3) is 3.75. The maximum Gasteiger partial charge on any atom is 0.250 e. The number of hydrogen-bond acceptors (Lipinski definition) is 5. The zero-order valence-electron chi connectivity index (χ0n) is 14.4. The van der Waals surface area contributed by atoms with Gasteiger partial charge < -0.3 is 14.8 Å². The molecule has 0 unspecified atom stereocenters. The minimum Gasteiger partial charge on any atom is -0.481 e. The van der Waals surface area contributed by atoms with Crippen LogP contribution in [0.4, 0.5) is 5.69 Å². The first-order valence-electron chi connectivity index (χ1n) is 7.81. The van der Waals surface area contributed by atoms with Gasteiger partial charge in [-0.15, -0.1) is 0 Å². The number of nitrogens with one attached hydrogen (secondary N) is 1. The van der Waals surface area contributed by atoms with Crippen LogP contribution in [0.1, 0.15) is 5.56 Å². The minimum absolute atomic E-state index is 0.0152. The Balaban J connectivity index is 2.02. The van der Waals surface area contributed by atoms with Gasteiger partial charge in [-0.3, -0.25) is 4.79 Å². The van der Waals surface area contributed by atoms with Crippen molar-refractivity contribution in [2.45, 2.75) is 6.92 Å². The summed E-state index contributed by atoms with van der Waals surface area (Å²) >= 11 is 0. The Morgan fingerprint density at radius 1 is 1.16 bits per heavy atom. The van der Waals surface area contributed by atoms with Crippen molar-refractivity contribution < 1.29 is 14.3 Å². The molecule has 3 rings (SSSR count). The molecular formula is C19H19N3O3. The first-order chi connectivity index (χ1) is 12.1.